The smallest absolute Gasteiger partial charge is 0.382 e. The standard InChI is InChI=1S/C17H27N2O10P/c1-23-10-11-14(29-30(22,24-2)25-3)15(28-13-6-4-5-9-26-13)16(27-11)19-8-7-12(20)18-17(19)21/h7-8,11,13-16H,4-6,9-10H2,1-3H3,(H,18,20,21)/t11-,13?,14-,15-,16-/m1/s1. The molecule has 1 N–H and O–H groups in total. The number of hydrogen-bond acceptors (Lipinski definition) is 10. The fourth-order valence-corrected chi connectivity index (χ4v) is 4.31. The third-order valence-corrected chi connectivity index (χ3v) is 6.28. The van der Waals surface area contributed by atoms with Crippen LogP contribution in [0, 0.1) is 0 Å². The number of nitrogens with one attached hydrogen (secondary N) is 1. The van der Waals surface area contributed by atoms with Crippen LogP contribution in [0.5, 0.6) is 0 Å². The second-order valence-electron chi connectivity index (χ2n) is 6.82. The summed E-state index contributed by atoms with van der Waals surface area (Å²) in [6, 6.07) is 1.19. The minimum absolute atomic E-state index is 0.0537. The monoisotopic (exact) mass is 450 g/mol. The van der Waals surface area contributed by atoms with Crippen LogP contribution < -0.4 is 11.2 Å². The molecule has 2 aliphatic heterocycles. The molecule has 0 spiro atoms. The summed E-state index contributed by atoms with van der Waals surface area (Å²) in [5.41, 5.74) is -1.24. The van der Waals surface area contributed by atoms with E-state index in [1.165, 1.54) is 38.2 Å². The maximum absolute atomic E-state index is 12.7. The number of H-pyrrole nitrogens is 1. The number of phosphoric acid groups is 1. The van der Waals surface area contributed by atoms with E-state index in [0.717, 1.165) is 12.8 Å². The van der Waals surface area contributed by atoms with Gasteiger partial charge in [-0.15, -0.1) is 0 Å². The Morgan fingerprint density at radius 3 is 2.57 bits per heavy atom. The number of ether oxygens (including phenoxy) is 4. The fourth-order valence-electron chi connectivity index (χ4n) is 3.43. The van der Waals surface area contributed by atoms with Crippen LogP contribution in [0.2, 0.25) is 0 Å². The third kappa shape index (κ3) is 5.27. The Labute approximate surface area is 172 Å². The molecule has 0 aromatic carbocycles. The van der Waals surface area contributed by atoms with Gasteiger partial charge in [0.2, 0.25) is 0 Å². The van der Waals surface area contributed by atoms with Gasteiger partial charge in [-0.3, -0.25) is 27.9 Å². The first-order chi connectivity index (χ1) is 14.4. The van der Waals surface area contributed by atoms with E-state index in [1.54, 1.807) is 0 Å². The maximum Gasteiger partial charge on any atom is 0.474 e. The van der Waals surface area contributed by atoms with Gasteiger partial charge < -0.3 is 18.9 Å². The number of hydrogen-bond donors (Lipinski definition) is 1. The van der Waals surface area contributed by atoms with Crippen molar-refractivity contribution < 1.29 is 37.1 Å². The number of methoxy groups -OCH3 is 1. The molecule has 0 bridgehead atoms. The molecule has 0 amide bonds. The molecule has 30 heavy (non-hydrogen) atoms. The summed E-state index contributed by atoms with van der Waals surface area (Å²) in [5, 5.41) is 0. The van der Waals surface area contributed by atoms with Crippen LogP contribution in [0.3, 0.4) is 0 Å². The van der Waals surface area contributed by atoms with Gasteiger partial charge >= 0.3 is 13.5 Å². The Kier molecular flexibility index (Phi) is 7.99. The first-order valence-electron chi connectivity index (χ1n) is 9.53. The third-order valence-electron chi connectivity index (χ3n) is 4.89. The molecule has 3 rings (SSSR count). The van der Waals surface area contributed by atoms with Gasteiger partial charge in [0.15, 0.2) is 12.5 Å². The van der Waals surface area contributed by atoms with Gasteiger partial charge in [-0.2, -0.15) is 0 Å². The normalized spacial score (nSPS) is 29.9. The summed E-state index contributed by atoms with van der Waals surface area (Å²) >= 11 is 0. The van der Waals surface area contributed by atoms with Crippen LogP contribution in [0.1, 0.15) is 25.5 Å². The summed E-state index contributed by atoms with van der Waals surface area (Å²) in [5.74, 6) is 0. The number of aromatic nitrogens is 2. The van der Waals surface area contributed by atoms with Crippen molar-refractivity contribution in [3.63, 3.8) is 0 Å². The molecule has 5 atom stereocenters. The SMILES string of the molecule is COC[C@H]1O[C@@H](n2ccc(=O)[nH]c2=O)[C@H](OC2CCCCO2)[C@@H]1OP(=O)(OC)OC. The van der Waals surface area contributed by atoms with E-state index in [2.05, 4.69) is 4.98 Å². The summed E-state index contributed by atoms with van der Waals surface area (Å²) < 4.78 is 52.3. The lowest BCUT2D eigenvalue weighted by Crippen LogP contribution is -2.43. The lowest BCUT2D eigenvalue weighted by atomic mass is 10.1. The minimum atomic E-state index is -3.92. The zero-order valence-electron chi connectivity index (χ0n) is 17.1. The van der Waals surface area contributed by atoms with Crippen molar-refractivity contribution in [3.8, 4) is 0 Å². The van der Waals surface area contributed by atoms with Crippen molar-refractivity contribution in [1.82, 2.24) is 9.55 Å². The molecular weight excluding hydrogens is 423 g/mol. The summed E-state index contributed by atoms with van der Waals surface area (Å²) in [6.07, 6.45) is -0.508. The zero-order valence-corrected chi connectivity index (χ0v) is 17.9. The first-order valence-corrected chi connectivity index (χ1v) is 11.0. The predicted molar refractivity (Wildman–Crippen MR) is 102 cm³/mol. The van der Waals surface area contributed by atoms with E-state index in [1.807, 2.05) is 0 Å². The largest absolute Gasteiger partial charge is 0.474 e. The van der Waals surface area contributed by atoms with Gasteiger partial charge in [-0.1, -0.05) is 0 Å². The van der Waals surface area contributed by atoms with E-state index in [-0.39, 0.29) is 6.61 Å². The van der Waals surface area contributed by atoms with E-state index in [0.29, 0.717) is 13.0 Å². The highest BCUT2D eigenvalue weighted by Crippen LogP contribution is 2.52. The molecule has 12 nitrogen and oxygen atoms in total. The second-order valence-corrected chi connectivity index (χ2v) is 8.65. The molecule has 1 aromatic heterocycles. The van der Waals surface area contributed by atoms with Crippen LogP contribution in [0.4, 0.5) is 0 Å². The van der Waals surface area contributed by atoms with Gasteiger partial charge in [0, 0.05) is 40.2 Å². The van der Waals surface area contributed by atoms with Gasteiger partial charge in [-0.25, -0.2) is 9.36 Å². The highest BCUT2D eigenvalue weighted by molar-refractivity contribution is 7.48. The number of rotatable bonds is 9. The first kappa shape index (κ1) is 23.3. The molecule has 2 aliphatic rings. The van der Waals surface area contributed by atoms with Crippen molar-refractivity contribution in [3.05, 3.63) is 33.1 Å². The fraction of sp³-hybridized carbons (Fsp3) is 0.765. The molecule has 0 aliphatic carbocycles. The predicted octanol–water partition coefficient (Wildman–Crippen LogP) is 0.778. The molecule has 3 heterocycles. The van der Waals surface area contributed by atoms with Crippen molar-refractivity contribution in [2.24, 2.45) is 0 Å². The second kappa shape index (κ2) is 10.3. The molecular formula is C17H27N2O10P. The van der Waals surface area contributed by atoms with Crippen LogP contribution in [0.25, 0.3) is 0 Å². The molecule has 1 aromatic rings. The van der Waals surface area contributed by atoms with Crippen molar-refractivity contribution in [2.75, 3.05) is 34.5 Å². The Balaban J connectivity index is 1.97. The van der Waals surface area contributed by atoms with E-state index in [9.17, 15) is 14.2 Å². The van der Waals surface area contributed by atoms with Crippen molar-refractivity contribution in [1.29, 1.82) is 0 Å². The van der Waals surface area contributed by atoms with E-state index >= 15 is 0 Å². The molecule has 2 saturated heterocycles. The summed E-state index contributed by atoms with van der Waals surface area (Å²) in [6.45, 7) is 0.585. The molecule has 170 valence electrons. The van der Waals surface area contributed by atoms with Crippen LogP contribution in [-0.2, 0) is 37.1 Å². The average Bonchev–Trinajstić information content (AvgIpc) is 3.05. The zero-order chi connectivity index (χ0) is 21.7. The van der Waals surface area contributed by atoms with Crippen molar-refractivity contribution in [2.45, 2.75) is 50.1 Å². The lowest BCUT2D eigenvalue weighted by molar-refractivity contribution is -0.215. The Hall–Kier alpha value is -1.37. The van der Waals surface area contributed by atoms with Gasteiger partial charge in [0.1, 0.15) is 18.3 Å². The Morgan fingerprint density at radius 1 is 1.20 bits per heavy atom. The highest BCUT2D eigenvalue weighted by atomic mass is 31.2. The van der Waals surface area contributed by atoms with E-state index < -0.39 is 49.9 Å². The van der Waals surface area contributed by atoms with E-state index in [4.69, 9.17) is 32.5 Å². The number of phosphoric ester groups is 1. The van der Waals surface area contributed by atoms with Gasteiger partial charge in [0.05, 0.1) is 6.61 Å². The molecule has 13 heteroatoms. The highest BCUT2D eigenvalue weighted by Gasteiger charge is 2.52. The Bertz CT molecular complexity index is 843. The molecule has 0 saturated carbocycles. The topological polar surface area (TPSA) is 137 Å². The Morgan fingerprint density at radius 2 is 1.97 bits per heavy atom. The van der Waals surface area contributed by atoms with Gasteiger partial charge in [0.25, 0.3) is 5.56 Å². The molecule has 1 unspecified atom stereocenters. The summed E-state index contributed by atoms with van der Waals surface area (Å²) in [7, 11) is -0.0769. The minimum Gasteiger partial charge on any atom is -0.382 e. The van der Waals surface area contributed by atoms with Crippen LogP contribution >= 0.6 is 7.82 Å². The quantitative estimate of drug-likeness (QED) is 0.537. The average molecular weight is 450 g/mol. The summed E-state index contributed by atoms with van der Waals surface area (Å²) in [4.78, 5) is 26.1. The van der Waals surface area contributed by atoms with Gasteiger partial charge in [-0.05, 0) is 19.3 Å². The maximum atomic E-state index is 12.7. The molecule has 2 fully saturated rings. The van der Waals surface area contributed by atoms with Crippen molar-refractivity contribution >= 4 is 7.82 Å². The van der Waals surface area contributed by atoms with Crippen LogP contribution in [-0.4, -0.2) is 68.7 Å². The molecule has 0 radical (unpaired) electrons. The number of nitrogens with zero attached hydrogens (tertiary/aromatic N) is 1. The lowest BCUT2D eigenvalue weighted by Gasteiger charge is -2.31. The van der Waals surface area contributed by atoms with Crippen LogP contribution in [0.15, 0.2) is 21.9 Å². The number of aromatic amines is 1.